The molecule has 1 aliphatic heterocycles. The number of nitrogens with one attached hydrogen (secondary N) is 1. The van der Waals surface area contributed by atoms with Crippen molar-refractivity contribution in [2.24, 2.45) is 5.41 Å². The molecule has 128 valence electrons. The van der Waals surface area contributed by atoms with Crippen LogP contribution in [-0.4, -0.2) is 5.78 Å². The minimum absolute atomic E-state index is 0.0138. The second-order valence-corrected chi connectivity index (χ2v) is 7.41. The van der Waals surface area contributed by atoms with Gasteiger partial charge in [0.15, 0.2) is 5.78 Å². The van der Waals surface area contributed by atoms with Crippen LogP contribution in [0.15, 0.2) is 47.3 Å². The highest BCUT2D eigenvalue weighted by atomic mass is 19.4. The molecule has 0 saturated carbocycles. The summed E-state index contributed by atoms with van der Waals surface area (Å²) in [6.45, 7) is 5.93. The molecule has 1 aromatic rings. The van der Waals surface area contributed by atoms with Crippen LogP contribution in [0.1, 0.15) is 50.7 Å². The van der Waals surface area contributed by atoms with Gasteiger partial charge in [-0.1, -0.05) is 38.1 Å². The Bertz CT molecular complexity index is 756. The van der Waals surface area contributed by atoms with Crippen LogP contribution in [0.25, 0.3) is 0 Å². The minimum atomic E-state index is -4.39. The fraction of sp³-hybridized carbons (Fsp3) is 0.421. The van der Waals surface area contributed by atoms with E-state index < -0.39 is 17.7 Å². The lowest BCUT2D eigenvalue weighted by Crippen LogP contribution is -2.35. The van der Waals surface area contributed by atoms with Crippen LogP contribution in [0.3, 0.4) is 0 Å². The van der Waals surface area contributed by atoms with E-state index in [0.29, 0.717) is 24.0 Å². The molecule has 1 heterocycles. The van der Waals surface area contributed by atoms with E-state index in [9.17, 15) is 18.0 Å². The standard InChI is InChI=1S/C19H20F3NO/c1-11-7-14(12-5-4-6-13(8-12)19(20,21)22)17-15(23-11)9-18(2,3)10-16(17)24/h4-8,14,23H,9-10H2,1-3H3. The van der Waals surface area contributed by atoms with Crippen LogP contribution in [0.4, 0.5) is 13.2 Å². The van der Waals surface area contributed by atoms with E-state index in [1.165, 1.54) is 6.07 Å². The highest BCUT2D eigenvalue weighted by molar-refractivity contribution is 5.99. The summed E-state index contributed by atoms with van der Waals surface area (Å²) < 4.78 is 39.0. The average Bonchev–Trinajstić information content (AvgIpc) is 2.43. The molecule has 3 rings (SSSR count). The number of carbonyl (C=O) groups excluding carboxylic acids is 1. The normalized spacial score (nSPS) is 23.5. The summed E-state index contributed by atoms with van der Waals surface area (Å²) in [5.74, 6) is -0.410. The van der Waals surface area contributed by atoms with Crippen LogP contribution in [-0.2, 0) is 11.0 Å². The third kappa shape index (κ3) is 3.12. The largest absolute Gasteiger partial charge is 0.416 e. The zero-order chi connectivity index (χ0) is 17.7. The number of carbonyl (C=O) groups is 1. The maximum absolute atomic E-state index is 13.0. The lowest BCUT2D eigenvalue weighted by molar-refractivity contribution is -0.137. The van der Waals surface area contributed by atoms with Crippen molar-refractivity contribution < 1.29 is 18.0 Å². The first-order valence-electron chi connectivity index (χ1n) is 7.96. The lowest BCUT2D eigenvalue weighted by atomic mass is 9.70. The van der Waals surface area contributed by atoms with Gasteiger partial charge in [0.1, 0.15) is 0 Å². The molecular weight excluding hydrogens is 315 g/mol. The number of hydrogen-bond acceptors (Lipinski definition) is 2. The van der Waals surface area contributed by atoms with Crippen molar-refractivity contribution in [3.8, 4) is 0 Å². The van der Waals surface area contributed by atoms with Crippen molar-refractivity contribution in [2.45, 2.75) is 45.7 Å². The fourth-order valence-corrected chi connectivity index (χ4v) is 3.59. The van der Waals surface area contributed by atoms with Crippen LogP contribution in [0.2, 0.25) is 0 Å². The van der Waals surface area contributed by atoms with E-state index in [1.807, 2.05) is 26.8 Å². The van der Waals surface area contributed by atoms with Crippen molar-refractivity contribution in [2.75, 3.05) is 0 Å². The van der Waals surface area contributed by atoms with Gasteiger partial charge in [0.2, 0.25) is 0 Å². The third-order valence-corrected chi connectivity index (χ3v) is 4.57. The Balaban J connectivity index is 2.08. The average molecular weight is 335 g/mol. The maximum Gasteiger partial charge on any atom is 0.416 e. The summed E-state index contributed by atoms with van der Waals surface area (Å²) >= 11 is 0. The Morgan fingerprint density at radius 1 is 1.21 bits per heavy atom. The Kier molecular flexibility index (Phi) is 3.85. The lowest BCUT2D eigenvalue weighted by Gasteiger charge is -2.37. The molecule has 24 heavy (non-hydrogen) atoms. The Morgan fingerprint density at radius 2 is 1.92 bits per heavy atom. The number of hydrogen-bond donors (Lipinski definition) is 1. The predicted octanol–water partition coefficient (Wildman–Crippen LogP) is 4.94. The first-order valence-corrected chi connectivity index (χ1v) is 7.96. The molecule has 0 aromatic heterocycles. The second kappa shape index (κ2) is 5.50. The molecule has 5 heteroatoms. The van der Waals surface area contributed by atoms with Gasteiger partial charge in [-0.25, -0.2) is 0 Å². The van der Waals surface area contributed by atoms with Crippen molar-refractivity contribution in [1.82, 2.24) is 5.32 Å². The van der Waals surface area contributed by atoms with E-state index >= 15 is 0 Å². The van der Waals surface area contributed by atoms with Crippen LogP contribution >= 0.6 is 0 Å². The van der Waals surface area contributed by atoms with Gasteiger partial charge in [-0.15, -0.1) is 0 Å². The van der Waals surface area contributed by atoms with Crippen LogP contribution < -0.4 is 5.32 Å². The Hall–Kier alpha value is -2.04. The zero-order valence-corrected chi connectivity index (χ0v) is 13.9. The van der Waals surface area contributed by atoms with E-state index in [4.69, 9.17) is 0 Å². The molecule has 2 aliphatic rings. The molecule has 0 saturated heterocycles. The van der Waals surface area contributed by atoms with Crippen molar-refractivity contribution in [3.63, 3.8) is 0 Å². The zero-order valence-electron chi connectivity index (χ0n) is 13.9. The van der Waals surface area contributed by atoms with Crippen molar-refractivity contribution in [1.29, 1.82) is 0 Å². The smallest absolute Gasteiger partial charge is 0.362 e. The predicted molar refractivity (Wildman–Crippen MR) is 86.1 cm³/mol. The minimum Gasteiger partial charge on any atom is -0.362 e. The molecule has 0 spiro atoms. The molecule has 0 radical (unpaired) electrons. The summed E-state index contributed by atoms with van der Waals surface area (Å²) in [5, 5.41) is 3.25. The number of alkyl halides is 3. The van der Waals surface area contributed by atoms with Gasteiger partial charge in [0.05, 0.1) is 5.56 Å². The third-order valence-electron chi connectivity index (χ3n) is 4.57. The molecule has 1 aromatic carbocycles. The molecule has 0 amide bonds. The van der Waals surface area contributed by atoms with E-state index in [1.54, 1.807) is 6.07 Å². The van der Waals surface area contributed by atoms with E-state index in [-0.39, 0.29) is 11.2 Å². The molecule has 1 atom stereocenters. The summed E-state index contributed by atoms with van der Waals surface area (Å²) in [5.41, 5.74) is 2.00. The summed E-state index contributed by atoms with van der Waals surface area (Å²) in [7, 11) is 0. The van der Waals surface area contributed by atoms with Gasteiger partial charge >= 0.3 is 6.18 Å². The molecular formula is C19H20F3NO. The Morgan fingerprint density at radius 3 is 2.58 bits per heavy atom. The van der Waals surface area contributed by atoms with Gasteiger partial charge in [0, 0.05) is 29.3 Å². The highest BCUT2D eigenvalue weighted by Crippen LogP contribution is 2.44. The number of ketones is 1. The topological polar surface area (TPSA) is 29.1 Å². The molecule has 2 nitrogen and oxygen atoms in total. The monoisotopic (exact) mass is 335 g/mol. The van der Waals surface area contributed by atoms with Crippen molar-refractivity contribution >= 4 is 5.78 Å². The second-order valence-electron chi connectivity index (χ2n) is 7.41. The van der Waals surface area contributed by atoms with Gasteiger partial charge < -0.3 is 5.32 Å². The molecule has 1 aliphatic carbocycles. The van der Waals surface area contributed by atoms with Crippen LogP contribution in [0.5, 0.6) is 0 Å². The molecule has 1 N–H and O–H groups in total. The van der Waals surface area contributed by atoms with Gasteiger partial charge in [-0.3, -0.25) is 4.79 Å². The SMILES string of the molecule is CC1=CC(c2cccc(C(F)(F)F)c2)C2=C(CC(C)(C)CC2=O)N1. The number of Topliss-reactive ketones (excluding diaryl/α,β-unsaturated/α-hetero) is 1. The summed E-state index contributed by atoms with van der Waals surface area (Å²) in [6, 6.07) is 5.27. The highest BCUT2D eigenvalue weighted by Gasteiger charge is 2.38. The van der Waals surface area contributed by atoms with Gasteiger partial charge in [-0.2, -0.15) is 13.2 Å². The van der Waals surface area contributed by atoms with Crippen molar-refractivity contribution in [3.05, 3.63) is 58.4 Å². The summed E-state index contributed by atoms with van der Waals surface area (Å²) in [4.78, 5) is 12.7. The van der Waals surface area contributed by atoms with E-state index in [0.717, 1.165) is 23.5 Å². The summed E-state index contributed by atoms with van der Waals surface area (Å²) in [6.07, 6.45) is -1.42. The molecule has 0 fully saturated rings. The number of rotatable bonds is 1. The number of allylic oxidation sites excluding steroid dienone is 4. The number of dihydropyridines is 1. The van der Waals surface area contributed by atoms with Crippen LogP contribution in [0, 0.1) is 5.41 Å². The van der Waals surface area contributed by atoms with E-state index in [2.05, 4.69) is 5.32 Å². The molecule has 0 bridgehead atoms. The first-order chi connectivity index (χ1) is 11.1. The Labute approximate surface area is 139 Å². The van der Waals surface area contributed by atoms with Gasteiger partial charge in [0.25, 0.3) is 0 Å². The number of benzene rings is 1. The maximum atomic E-state index is 13.0. The molecule has 1 unspecified atom stereocenters. The fourth-order valence-electron chi connectivity index (χ4n) is 3.59. The first kappa shape index (κ1) is 16.8. The quantitative estimate of drug-likeness (QED) is 0.788. The number of halogens is 3. The van der Waals surface area contributed by atoms with Gasteiger partial charge in [-0.05, 0) is 30.4 Å².